The SMILES string of the molecule is Cc1cc(C)cc(Nc2cnc(C(=O)NCC(C)C)cn2)c1. The van der Waals surface area contributed by atoms with Crippen LogP contribution in [0.25, 0.3) is 0 Å². The first-order chi connectivity index (χ1) is 10.4. The van der Waals surface area contributed by atoms with Crippen molar-refractivity contribution in [1.82, 2.24) is 15.3 Å². The molecule has 0 radical (unpaired) electrons. The van der Waals surface area contributed by atoms with Crippen LogP contribution in [0.2, 0.25) is 0 Å². The van der Waals surface area contributed by atoms with E-state index in [-0.39, 0.29) is 5.91 Å². The van der Waals surface area contributed by atoms with Crippen LogP contribution in [0.1, 0.15) is 35.5 Å². The highest BCUT2D eigenvalue weighted by molar-refractivity contribution is 5.92. The van der Waals surface area contributed by atoms with Crippen molar-refractivity contribution in [1.29, 1.82) is 0 Å². The second-order valence-corrected chi connectivity index (χ2v) is 5.89. The number of aromatic nitrogens is 2. The number of nitrogens with one attached hydrogen (secondary N) is 2. The molecule has 0 unspecified atom stereocenters. The van der Waals surface area contributed by atoms with Gasteiger partial charge in [-0.15, -0.1) is 0 Å². The van der Waals surface area contributed by atoms with E-state index in [0.29, 0.717) is 24.0 Å². The summed E-state index contributed by atoms with van der Waals surface area (Å²) in [5, 5.41) is 6.02. The van der Waals surface area contributed by atoms with Crippen LogP contribution in [0.3, 0.4) is 0 Å². The molecule has 0 aliphatic carbocycles. The molecule has 0 bridgehead atoms. The van der Waals surface area contributed by atoms with Gasteiger partial charge in [-0.25, -0.2) is 9.97 Å². The maximum Gasteiger partial charge on any atom is 0.271 e. The molecule has 0 atom stereocenters. The van der Waals surface area contributed by atoms with Crippen molar-refractivity contribution in [2.45, 2.75) is 27.7 Å². The van der Waals surface area contributed by atoms with Crippen LogP contribution in [0.5, 0.6) is 0 Å². The van der Waals surface area contributed by atoms with Gasteiger partial charge in [-0.2, -0.15) is 0 Å². The number of anilines is 2. The van der Waals surface area contributed by atoms with Gasteiger partial charge in [0.05, 0.1) is 12.4 Å². The van der Waals surface area contributed by atoms with Gasteiger partial charge in [0.25, 0.3) is 5.91 Å². The van der Waals surface area contributed by atoms with Gasteiger partial charge in [0.2, 0.25) is 0 Å². The fourth-order valence-electron chi connectivity index (χ4n) is 2.09. The standard InChI is InChI=1S/C17H22N4O/c1-11(2)8-20-17(22)15-9-19-16(10-18-15)21-14-6-12(3)5-13(4)7-14/h5-7,9-11H,8H2,1-4H3,(H,19,21)(H,20,22). The van der Waals surface area contributed by atoms with E-state index in [1.807, 2.05) is 39.8 Å². The zero-order chi connectivity index (χ0) is 16.1. The Morgan fingerprint density at radius 3 is 2.32 bits per heavy atom. The fraction of sp³-hybridized carbons (Fsp3) is 0.353. The third-order valence-electron chi connectivity index (χ3n) is 3.05. The number of carbonyl (C=O) groups is 1. The molecule has 1 heterocycles. The van der Waals surface area contributed by atoms with Gasteiger partial charge in [0, 0.05) is 12.2 Å². The maximum absolute atomic E-state index is 11.9. The summed E-state index contributed by atoms with van der Waals surface area (Å²) in [5.41, 5.74) is 3.65. The normalized spacial score (nSPS) is 10.6. The number of rotatable bonds is 5. The number of amides is 1. The molecule has 0 fully saturated rings. The molecular formula is C17H22N4O. The monoisotopic (exact) mass is 298 g/mol. The fourth-order valence-corrected chi connectivity index (χ4v) is 2.09. The summed E-state index contributed by atoms with van der Waals surface area (Å²) in [6.07, 6.45) is 3.06. The molecule has 116 valence electrons. The second-order valence-electron chi connectivity index (χ2n) is 5.89. The summed E-state index contributed by atoms with van der Waals surface area (Å²) >= 11 is 0. The highest BCUT2D eigenvalue weighted by Gasteiger charge is 2.08. The summed E-state index contributed by atoms with van der Waals surface area (Å²) in [7, 11) is 0. The third kappa shape index (κ3) is 4.55. The summed E-state index contributed by atoms with van der Waals surface area (Å²) in [4.78, 5) is 20.3. The molecular weight excluding hydrogens is 276 g/mol. The van der Waals surface area contributed by atoms with Gasteiger partial charge in [-0.3, -0.25) is 4.79 Å². The lowest BCUT2D eigenvalue weighted by molar-refractivity contribution is 0.0943. The minimum atomic E-state index is -0.195. The topological polar surface area (TPSA) is 66.9 Å². The lowest BCUT2D eigenvalue weighted by Crippen LogP contribution is -2.28. The van der Waals surface area contributed by atoms with Crippen LogP contribution in [0.4, 0.5) is 11.5 Å². The van der Waals surface area contributed by atoms with E-state index in [2.05, 4.69) is 26.7 Å². The molecule has 0 saturated heterocycles. The van der Waals surface area contributed by atoms with E-state index in [1.165, 1.54) is 17.3 Å². The average Bonchev–Trinajstić information content (AvgIpc) is 2.44. The number of carbonyl (C=O) groups excluding carboxylic acids is 1. The minimum Gasteiger partial charge on any atom is -0.350 e. The Labute approximate surface area is 131 Å². The third-order valence-corrected chi connectivity index (χ3v) is 3.05. The summed E-state index contributed by atoms with van der Waals surface area (Å²) in [6.45, 7) is 8.81. The van der Waals surface area contributed by atoms with Gasteiger partial charge in [0.15, 0.2) is 0 Å². The summed E-state index contributed by atoms with van der Waals surface area (Å²) in [5.74, 6) is 0.826. The van der Waals surface area contributed by atoms with Crippen molar-refractivity contribution in [3.63, 3.8) is 0 Å². The van der Waals surface area contributed by atoms with Gasteiger partial charge in [0.1, 0.15) is 11.5 Å². The quantitative estimate of drug-likeness (QED) is 0.889. The highest BCUT2D eigenvalue weighted by Crippen LogP contribution is 2.17. The molecule has 0 saturated carbocycles. The van der Waals surface area contributed by atoms with Crippen molar-refractivity contribution in [2.75, 3.05) is 11.9 Å². The molecule has 0 aliphatic rings. The van der Waals surface area contributed by atoms with Crippen molar-refractivity contribution >= 4 is 17.4 Å². The van der Waals surface area contributed by atoms with Crippen LogP contribution >= 0.6 is 0 Å². The predicted molar refractivity (Wildman–Crippen MR) is 88.4 cm³/mol. The molecule has 5 nitrogen and oxygen atoms in total. The van der Waals surface area contributed by atoms with Crippen LogP contribution in [0, 0.1) is 19.8 Å². The number of nitrogens with zero attached hydrogens (tertiary/aromatic N) is 2. The zero-order valence-electron chi connectivity index (χ0n) is 13.5. The Morgan fingerprint density at radius 2 is 1.77 bits per heavy atom. The van der Waals surface area contributed by atoms with E-state index >= 15 is 0 Å². The molecule has 2 rings (SSSR count). The van der Waals surface area contributed by atoms with Gasteiger partial charge >= 0.3 is 0 Å². The van der Waals surface area contributed by atoms with E-state index < -0.39 is 0 Å². The lowest BCUT2D eigenvalue weighted by Gasteiger charge is -2.09. The molecule has 1 aromatic heterocycles. The molecule has 0 aliphatic heterocycles. The second kappa shape index (κ2) is 7.02. The van der Waals surface area contributed by atoms with Gasteiger partial charge in [-0.1, -0.05) is 19.9 Å². The van der Waals surface area contributed by atoms with Crippen LogP contribution < -0.4 is 10.6 Å². The van der Waals surface area contributed by atoms with Crippen molar-refractivity contribution < 1.29 is 4.79 Å². The average molecular weight is 298 g/mol. The van der Waals surface area contributed by atoms with E-state index in [9.17, 15) is 4.79 Å². The Hall–Kier alpha value is -2.43. The first-order valence-corrected chi connectivity index (χ1v) is 7.39. The van der Waals surface area contributed by atoms with Crippen LogP contribution in [-0.4, -0.2) is 22.4 Å². The molecule has 0 spiro atoms. The first-order valence-electron chi connectivity index (χ1n) is 7.39. The van der Waals surface area contributed by atoms with E-state index in [4.69, 9.17) is 0 Å². The van der Waals surface area contributed by atoms with Crippen LogP contribution in [0.15, 0.2) is 30.6 Å². The van der Waals surface area contributed by atoms with Crippen molar-refractivity contribution in [2.24, 2.45) is 5.92 Å². The Morgan fingerprint density at radius 1 is 1.09 bits per heavy atom. The van der Waals surface area contributed by atoms with Crippen molar-refractivity contribution in [3.8, 4) is 0 Å². The predicted octanol–water partition coefficient (Wildman–Crippen LogP) is 3.22. The van der Waals surface area contributed by atoms with Gasteiger partial charge < -0.3 is 10.6 Å². The summed E-state index contributed by atoms with van der Waals surface area (Å²) in [6, 6.07) is 6.19. The lowest BCUT2D eigenvalue weighted by atomic mass is 10.1. The molecule has 2 aromatic rings. The Balaban J connectivity index is 2.04. The number of aryl methyl sites for hydroxylation is 2. The van der Waals surface area contributed by atoms with Crippen molar-refractivity contribution in [3.05, 3.63) is 47.4 Å². The Bertz CT molecular complexity index is 630. The highest BCUT2D eigenvalue weighted by atomic mass is 16.1. The molecule has 2 N–H and O–H groups in total. The molecule has 1 amide bonds. The number of hydrogen-bond donors (Lipinski definition) is 2. The van der Waals surface area contributed by atoms with E-state index in [1.54, 1.807) is 6.20 Å². The largest absolute Gasteiger partial charge is 0.350 e. The number of benzene rings is 1. The smallest absolute Gasteiger partial charge is 0.271 e. The van der Waals surface area contributed by atoms with Gasteiger partial charge in [-0.05, 0) is 43.0 Å². The Kier molecular flexibility index (Phi) is 5.09. The maximum atomic E-state index is 11.9. The molecule has 5 heteroatoms. The van der Waals surface area contributed by atoms with Crippen LogP contribution in [-0.2, 0) is 0 Å². The first kappa shape index (κ1) is 15.9. The zero-order valence-corrected chi connectivity index (χ0v) is 13.5. The molecule has 22 heavy (non-hydrogen) atoms. The summed E-state index contributed by atoms with van der Waals surface area (Å²) < 4.78 is 0. The minimum absolute atomic E-state index is 0.195. The van der Waals surface area contributed by atoms with E-state index in [0.717, 1.165) is 5.69 Å². The number of hydrogen-bond acceptors (Lipinski definition) is 4. The molecule has 1 aromatic carbocycles.